The predicted octanol–water partition coefficient (Wildman–Crippen LogP) is 2.76. The molecule has 0 bridgehead atoms. The van der Waals surface area contributed by atoms with Gasteiger partial charge in [0.15, 0.2) is 5.65 Å². The number of anilines is 1. The van der Waals surface area contributed by atoms with E-state index in [4.69, 9.17) is 0 Å². The Morgan fingerprint density at radius 3 is 3.06 bits per heavy atom. The van der Waals surface area contributed by atoms with Crippen LogP contribution in [-0.4, -0.2) is 32.3 Å². The van der Waals surface area contributed by atoms with Gasteiger partial charge in [-0.25, -0.2) is 9.67 Å². The van der Waals surface area contributed by atoms with E-state index in [-0.39, 0.29) is 0 Å². The van der Waals surface area contributed by atoms with Gasteiger partial charge in [0.1, 0.15) is 0 Å². The van der Waals surface area contributed by atoms with Crippen LogP contribution in [0.15, 0.2) is 18.5 Å². The van der Waals surface area contributed by atoms with E-state index in [1.54, 1.807) is 0 Å². The molecule has 0 spiro atoms. The van der Waals surface area contributed by atoms with Crippen molar-refractivity contribution in [2.75, 3.05) is 16.8 Å². The van der Waals surface area contributed by atoms with E-state index in [0.717, 1.165) is 17.6 Å². The standard InChI is InChI=1S/C13H18N4S/c1-2-17-13-11(9-15-17)12(3-6-14-13)16-10-4-7-18-8-5-10/h3,6,9-10H,2,4-5,7-8H2,1H3,(H,14,16). The fourth-order valence-electron chi connectivity index (χ4n) is 2.40. The van der Waals surface area contributed by atoms with E-state index in [1.165, 1.54) is 30.0 Å². The number of aromatic nitrogens is 3. The number of thioether (sulfide) groups is 1. The lowest BCUT2D eigenvalue weighted by atomic mass is 10.1. The van der Waals surface area contributed by atoms with Crippen LogP contribution in [0.5, 0.6) is 0 Å². The van der Waals surface area contributed by atoms with Crippen molar-refractivity contribution >= 4 is 28.5 Å². The Hall–Kier alpha value is -1.23. The Bertz CT molecular complexity index is 531. The van der Waals surface area contributed by atoms with E-state index in [2.05, 4.69) is 40.2 Å². The molecule has 1 saturated heterocycles. The largest absolute Gasteiger partial charge is 0.382 e. The molecule has 0 saturated carbocycles. The van der Waals surface area contributed by atoms with Gasteiger partial charge in [0, 0.05) is 24.5 Å². The number of nitrogens with one attached hydrogen (secondary N) is 1. The van der Waals surface area contributed by atoms with Gasteiger partial charge in [0.25, 0.3) is 0 Å². The molecule has 1 aliphatic rings. The Morgan fingerprint density at radius 2 is 2.28 bits per heavy atom. The van der Waals surface area contributed by atoms with Gasteiger partial charge in [-0.1, -0.05) is 0 Å². The molecular formula is C13H18N4S. The van der Waals surface area contributed by atoms with Crippen molar-refractivity contribution in [1.29, 1.82) is 0 Å². The second-order valence-corrected chi connectivity index (χ2v) is 5.81. The first kappa shape index (κ1) is 11.8. The summed E-state index contributed by atoms with van der Waals surface area (Å²) in [5.74, 6) is 2.53. The molecule has 0 atom stereocenters. The first-order chi connectivity index (χ1) is 8.88. The molecule has 0 aliphatic carbocycles. The summed E-state index contributed by atoms with van der Waals surface area (Å²) in [5.41, 5.74) is 2.16. The van der Waals surface area contributed by atoms with Crippen LogP contribution in [-0.2, 0) is 6.54 Å². The number of nitrogens with zero attached hydrogens (tertiary/aromatic N) is 3. The molecule has 0 amide bonds. The van der Waals surface area contributed by atoms with Gasteiger partial charge in [-0.15, -0.1) is 0 Å². The fourth-order valence-corrected chi connectivity index (χ4v) is 3.50. The number of fused-ring (bicyclic) bond motifs is 1. The maximum absolute atomic E-state index is 4.42. The summed E-state index contributed by atoms with van der Waals surface area (Å²) in [6.07, 6.45) is 6.29. The van der Waals surface area contributed by atoms with Crippen LogP contribution in [0.4, 0.5) is 5.69 Å². The molecule has 3 heterocycles. The molecule has 1 N–H and O–H groups in total. The Balaban J connectivity index is 1.89. The lowest BCUT2D eigenvalue weighted by Crippen LogP contribution is -2.24. The molecule has 2 aromatic heterocycles. The molecule has 0 unspecified atom stereocenters. The average molecular weight is 262 g/mol. The smallest absolute Gasteiger partial charge is 0.159 e. The molecule has 3 rings (SSSR count). The zero-order valence-electron chi connectivity index (χ0n) is 10.6. The van der Waals surface area contributed by atoms with Crippen LogP contribution in [0, 0.1) is 0 Å². The van der Waals surface area contributed by atoms with Crippen molar-refractivity contribution in [3.05, 3.63) is 18.5 Å². The van der Waals surface area contributed by atoms with Crippen LogP contribution in [0.25, 0.3) is 11.0 Å². The van der Waals surface area contributed by atoms with Crippen molar-refractivity contribution in [3.8, 4) is 0 Å². The molecule has 2 aromatic rings. The highest BCUT2D eigenvalue weighted by molar-refractivity contribution is 7.99. The van der Waals surface area contributed by atoms with Gasteiger partial charge in [-0.3, -0.25) is 0 Å². The number of rotatable bonds is 3. The van der Waals surface area contributed by atoms with Crippen LogP contribution in [0.1, 0.15) is 19.8 Å². The van der Waals surface area contributed by atoms with Crippen LogP contribution in [0.3, 0.4) is 0 Å². The Kier molecular flexibility index (Phi) is 3.41. The van der Waals surface area contributed by atoms with Crippen molar-refractivity contribution < 1.29 is 0 Å². The van der Waals surface area contributed by atoms with Crippen LogP contribution >= 0.6 is 11.8 Å². The fraction of sp³-hybridized carbons (Fsp3) is 0.538. The second-order valence-electron chi connectivity index (χ2n) is 4.59. The zero-order chi connectivity index (χ0) is 12.4. The molecule has 96 valence electrons. The first-order valence-electron chi connectivity index (χ1n) is 6.53. The van der Waals surface area contributed by atoms with Gasteiger partial charge in [-0.05, 0) is 37.3 Å². The minimum Gasteiger partial charge on any atom is -0.382 e. The van der Waals surface area contributed by atoms with Crippen molar-refractivity contribution in [2.24, 2.45) is 0 Å². The molecule has 1 fully saturated rings. The molecule has 18 heavy (non-hydrogen) atoms. The Morgan fingerprint density at radius 1 is 1.44 bits per heavy atom. The maximum atomic E-state index is 4.42. The third kappa shape index (κ3) is 2.19. The highest BCUT2D eigenvalue weighted by Gasteiger charge is 2.15. The van der Waals surface area contributed by atoms with Crippen molar-refractivity contribution in [2.45, 2.75) is 32.4 Å². The number of hydrogen-bond donors (Lipinski definition) is 1. The van der Waals surface area contributed by atoms with Gasteiger partial charge < -0.3 is 5.32 Å². The number of hydrogen-bond acceptors (Lipinski definition) is 4. The van der Waals surface area contributed by atoms with Gasteiger partial charge in [-0.2, -0.15) is 16.9 Å². The second kappa shape index (κ2) is 5.18. The maximum Gasteiger partial charge on any atom is 0.159 e. The number of aryl methyl sites for hydroxylation is 1. The Labute approximate surface area is 111 Å². The quantitative estimate of drug-likeness (QED) is 0.923. The highest BCUT2D eigenvalue weighted by Crippen LogP contribution is 2.25. The lowest BCUT2D eigenvalue weighted by molar-refractivity contribution is 0.667. The van der Waals surface area contributed by atoms with Crippen LogP contribution in [0.2, 0.25) is 0 Å². The van der Waals surface area contributed by atoms with Gasteiger partial charge in [0.2, 0.25) is 0 Å². The van der Waals surface area contributed by atoms with E-state index in [9.17, 15) is 0 Å². The zero-order valence-corrected chi connectivity index (χ0v) is 11.4. The summed E-state index contributed by atoms with van der Waals surface area (Å²) in [5, 5.41) is 9.17. The lowest BCUT2D eigenvalue weighted by Gasteiger charge is -2.23. The predicted molar refractivity (Wildman–Crippen MR) is 77.2 cm³/mol. The van der Waals surface area contributed by atoms with Crippen molar-refractivity contribution in [3.63, 3.8) is 0 Å². The van der Waals surface area contributed by atoms with Gasteiger partial charge >= 0.3 is 0 Å². The SMILES string of the molecule is CCn1ncc2c(NC3CCSCC3)ccnc21. The molecular weight excluding hydrogens is 244 g/mol. The third-order valence-corrected chi connectivity index (χ3v) is 4.47. The van der Waals surface area contributed by atoms with Gasteiger partial charge in [0.05, 0.1) is 11.6 Å². The van der Waals surface area contributed by atoms with E-state index in [0.29, 0.717) is 6.04 Å². The molecule has 4 nitrogen and oxygen atoms in total. The molecule has 1 aliphatic heterocycles. The summed E-state index contributed by atoms with van der Waals surface area (Å²) >= 11 is 2.05. The molecule has 5 heteroatoms. The summed E-state index contributed by atoms with van der Waals surface area (Å²) in [6, 6.07) is 2.66. The average Bonchev–Trinajstić information content (AvgIpc) is 2.84. The third-order valence-electron chi connectivity index (χ3n) is 3.42. The first-order valence-corrected chi connectivity index (χ1v) is 7.68. The monoisotopic (exact) mass is 262 g/mol. The molecule has 0 radical (unpaired) electrons. The number of pyridine rings is 1. The minimum atomic E-state index is 0.599. The highest BCUT2D eigenvalue weighted by atomic mass is 32.2. The summed E-state index contributed by atoms with van der Waals surface area (Å²) in [4.78, 5) is 4.42. The summed E-state index contributed by atoms with van der Waals surface area (Å²) in [7, 11) is 0. The van der Waals surface area contributed by atoms with E-state index < -0.39 is 0 Å². The minimum absolute atomic E-state index is 0.599. The van der Waals surface area contributed by atoms with E-state index in [1.807, 2.05) is 17.1 Å². The van der Waals surface area contributed by atoms with E-state index >= 15 is 0 Å². The normalized spacial score (nSPS) is 17.2. The molecule has 0 aromatic carbocycles. The van der Waals surface area contributed by atoms with Crippen molar-refractivity contribution in [1.82, 2.24) is 14.8 Å². The summed E-state index contributed by atoms with van der Waals surface area (Å²) in [6.45, 7) is 2.95. The topological polar surface area (TPSA) is 42.7 Å². The summed E-state index contributed by atoms with van der Waals surface area (Å²) < 4.78 is 1.94. The van der Waals surface area contributed by atoms with Crippen LogP contribution < -0.4 is 5.32 Å².